The zero-order chi connectivity index (χ0) is 29.9. The summed E-state index contributed by atoms with van der Waals surface area (Å²) in [7, 11) is 0. The van der Waals surface area contributed by atoms with E-state index in [1.54, 1.807) is 0 Å². The number of benzene rings is 3. The Kier molecular flexibility index (Phi) is 11.0. The van der Waals surface area contributed by atoms with Crippen molar-refractivity contribution in [1.29, 1.82) is 0 Å². The molecule has 0 aliphatic carbocycles. The molecule has 0 spiro atoms. The summed E-state index contributed by atoms with van der Waals surface area (Å²) in [4.78, 5) is 3.31. The van der Waals surface area contributed by atoms with Gasteiger partial charge in [-0.25, -0.2) is 0 Å². The van der Waals surface area contributed by atoms with Crippen LogP contribution >= 0.6 is 0 Å². The van der Waals surface area contributed by atoms with Crippen LogP contribution in [0.2, 0.25) is 0 Å². The molecule has 0 fully saturated rings. The molecule has 0 aliphatic heterocycles. The fourth-order valence-corrected chi connectivity index (χ4v) is 7.99. The van der Waals surface area contributed by atoms with E-state index >= 15 is 0 Å². The topological polar surface area (TPSA) is 48.8 Å². The first-order valence-electron chi connectivity index (χ1n) is 15.1. The Morgan fingerprint density at radius 3 is 1.12 bits per heavy atom. The van der Waals surface area contributed by atoms with Crippen LogP contribution in [0.5, 0.6) is 0 Å². The van der Waals surface area contributed by atoms with Gasteiger partial charge in [0.2, 0.25) is 0 Å². The molecule has 4 heteroatoms. The van der Waals surface area contributed by atoms with E-state index in [-0.39, 0.29) is 0 Å². The quantitative estimate of drug-likeness (QED) is 0.0915. The molecule has 3 aromatic rings. The van der Waals surface area contributed by atoms with Crippen molar-refractivity contribution in [2.75, 3.05) is 0 Å². The molecule has 0 saturated carbocycles. The predicted molar refractivity (Wildman–Crippen MR) is 176 cm³/mol. The van der Waals surface area contributed by atoms with Crippen LogP contribution in [0.15, 0.2) is 45.8 Å². The average Bonchev–Trinajstić information content (AvgIpc) is 2.89. The summed E-state index contributed by atoms with van der Waals surface area (Å²) in [6.07, 6.45) is 0. The molecule has 2 radical (unpaired) electrons. The van der Waals surface area contributed by atoms with Crippen molar-refractivity contribution in [3.63, 3.8) is 0 Å². The van der Waals surface area contributed by atoms with E-state index in [0.717, 1.165) is 0 Å². The van der Waals surface area contributed by atoms with Crippen molar-refractivity contribution in [3.8, 4) is 22.3 Å². The molecule has 3 aromatic carbocycles. The number of rotatable bonds is 10. The van der Waals surface area contributed by atoms with Crippen molar-refractivity contribution >= 4 is 25.0 Å². The fourth-order valence-electron chi connectivity index (χ4n) is 5.70. The average molecular weight is 643 g/mol. The molecule has 0 aliphatic rings. The van der Waals surface area contributed by atoms with Crippen molar-refractivity contribution in [1.82, 2.24) is 0 Å². The van der Waals surface area contributed by atoms with Crippen LogP contribution in [0, 0.1) is 0 Å². The van der Waals surface area contributed by atoms with Crippen molar-refractivity contribution in [3.05, 3.63) is 86.3 Å². The zero-order valence-corrected chi connectivity index (χ0v) is 29.7. The van der Waals surface area contributed by atoms with Crippen molar-refractivity contribution in [2.45, 2.75) is 119 Å². The summed E-state index contributed by atoms with van der Waals surface area (Å²) in [5, 5.41) is 0. The van der Waals surface area contributed by atoms with Gasteiger partial charge in [-0.15, -0.1) is 0 Å². The van der Waals surface area contributed by atoms with Crippen molar-refractivity contribution in [2.24, 2.45) is 3.34 Å². The van der Waals surface area contributed by atoms with Crippen LogP contribution in [-0.4, -0.2) is 21.4 Å². The minimum atomic E-state index is -1.62. The number of nitrogens with zero attached hydrogens (tertiary/aromatic N) is 3. The summed E-state index contributed by atoms with van der Waals surface area (Å²) in [5.74, 6) is 2.48. The second-order valence-electron chi connectivity index (χ2n) is 13.1. The zero-order valence-electron chi connectivity index (χ0n) is 26.8. The van der Waals surface area contributed by atoms with Gasteiger partial charge in [0, 0.05) is 0 Å². The van der Waals surface area contributed by atoms with Gasteiger partial charge in [0.15, 0.2) is 0 Å². The monoisotopic (exact) mass is 643 g/mol. The Hall–Kier alpha value is -2.23. The standard InChI is InChI=1S/C36H49.N3.Sn/c1-21(2)29-17-31(23(5)6)35(32(18-29)24(7)8)27-14-13-15-28(16-27)36-33(25(9)10)19-30(22(3)4)20-34(36)26(11)12;1-3-2;/h13-15,17-26H,1-12H3;;/q;-1;+1. The Balaban J connectivity index is 2.55. The molecule has 0 amide bonds. The van der Waals surface area contributed by atoms with Gasteiger partial charge in [0.1, 0.15) is 0 Å². The Morgan fingerprint density at radius 1 is 0.550 bits per heavy atom. The van der Waals surface area contributed by atoms with Gasteiger partial charge in [0.25, 0.3) is 0 Å². The van der Waals surface area contributed by atoms with Gasteiger partial charge < -0.3 is 0 Å². The van der Waals surface area contributed by atoms with Crippen molar-refractivity contribution < 1.29 is 0 Å². The molecule has 212 valence electrons. The summed E-state index contributed by atoms with van der Waals surface area (Å²) in [6.45, 7) is 27.6. The fraction of sp³-hybridized carbons (Fsp3) is 0.500. The van der Waals surface area contributed by atoms with Gasteiger partial charge in [0.05, 0.1) is 0 Å². The van der Waals surface area contributed by atoms with E-state index in [1.165, 1.54) is 59.2 Å². The third-order valence-electron chi connectivity index (χ3n) is 8.07. The van der Waals surface area contributed by atoms with E-state index in [9.17, 15) is 5.53 Å². The second kappa shape index (κ2) is 13.6. The molecule has 0 bridgehead atoms. The van der Waals surface area contributed by atoms with E-state index in [2.05, 4.69) is 134 Å². The molecule has 0 atom stereocenters. The molecule has 0 unspecified atom stereocenters. The van der Waals surface area contributed by atoms with Gasteiger partial charge in [-0.3, -0.25) is 0 Å². The molecular formula is C36H49N3Sn. The molecule has 0 heterocycles. The van der Waals surface area contributed by atoms with Crippen LogP contribution in [0.3, 0.4) is 0 Å². The molecule has 0 N–H and O–H groups in total. The van der Waals surface area contributed by atoms with Crippen LogP contribution in [0.4, 0.5) is 0 Å². The Bertz CT molecular complexity index is 1240. The minimum absolute atomic E-state index is 0.385. The van der Waals surface area contributed by atoms with Gasteiger partial charge in [-0.05, 0) is 0 Å². The molecule has 0 saturated heterocycles. The van der Waals surface area contributed by atoms with Crippen LogP contribution in [0.25, 0.3) is 32.7 Å². The summed E-state index contributed by atoms with van der Waals surface area (Å²) >= 11 is -1.62. The molecule has 40 heavy (non-hydrogen) atoms. The second-order valence-corrected chi connectivity index (χ2v) is 15.7. The number of hydrogen-bond acceptors (Lipinski definition) is 1. The third kappa shape index (κ3) is 6.80. The predicted octanol–water partition coefficient (Wildman–Crippen LogP) is 11.3. The van der Waals surface area contributed by atoms with E-state index in [0.29, 0.717) is 35.5 Å². The first-order chi connectivity index (χ1) is 18.8. The first kappa shape index (κ1) is 32.3. The van der Waals surface area contributed by atoms with Gasteiger partial charge >= 0.3 is 255 Å². The maximum absolute atomic E-state index is 9.52. The molecule has 3 rings (SSSR count). The normalized spacial score (nSPS) is 11.9. The van der Waals surface area contributed by atoms with Gasteiger partial charge in [-0.1, -0.05) is 0 Å². The van der Waals surface area contributed by atoms with Crippen LogP contribution < -0.4 is 3.58 Å². The number of hydrogen-bond donors (Lipinski definition) is 0. The summed E-state index contributed by atoms with van der Waals surface area (Å²) in [5.41, 5.74) is 23.2. The SMILES string of the molecule is CC(C)c1cc(C(C)C)c(-c2cccc(-c3c(C(C)C)cc(C(C)C)cc3C(C)C)[c]2[Sn][N]=[N+]=[N-])c(C(C)C)c1. The summed E-state index contributed by atoms with van der Waals surface area (Å²) < 4.78 is 5.65. The Morgan fingerprint density at radius 2 is 0.875 bits per heavy atom. The third-order valence-corrected chi connectivity index (χ3v) is 10.8. The van der Waals surface area contributed by atoms with E-state index in [4.69, 9.17) is 0 Å². The Labute approximate surface area is 254 Å². The maximum atomic E-state index is 9.52. The van der Waals surface area contributed by atoms with Gasteiger partial charge in [-0.2, -0.15) is 0 Å². The first-order valence-corrected chi connectivity index (χ1v) is 17.8. The molecule has 0 aromatic heterocycles. The van der Waals surface area contributed by atoms with E-state index < -0.39 is 21.4 Å². The number of azide groups is 1. The summed E-state index contributed by atoms with van der Waals surface area (Å²) in [6, 6.07) is 16.6. The van der Waals surface area contributed by atoms with E-state index in [1.807, 2.05) is 0 Å². The van der Waals surface area contributed by atoms with Crippen LogP contribution in [0.1, 0.15) is 152 Å². The molecular weight excluding hydrogens is 593 g/mol. The molecule has 3 nitrogen and oxygen atoms in total. The van der Waals surface area contributed by atoms with Crippen LogP contribution in [-0.2, 0) is 0 Å².